The number of hydrogen-bond acceptors (Lipinski definition) is 4. The smallest absolute Gasteiger partial charge is 0.348 e. The maximum absolute atomic E-state index is 12.9. The Balaban J connectivity index is 2.87. The van der Waals surface area contributed by atoms with E-state index < -0.39 is 41.1 Å². The van der Waals surface area contributed by atoms with E-state index in [2.05, 4.69) is 15.0 Å². The molecule has 1 rings (SSSR count). The van der Waals surface area contributed by atoms with Crippen molar-refractivity contribution < 1.29 is 30.7 Å². The third-order valence-corrected chi connectivity index (χ3v) is 2.20. The number of nitrogens with one attached hydrogen (secondary N) is 1. The summed E-state index contributed by atoms with van der Waals surface area (Å²) in [6.07, 6.45) is -6.41. The first kappa shape index (κ1) is 17.0. The molecule has 13 heteroatoms. The Morgan fingerprint density at radius 1 is 0.850 bits per heavy atom. The van der Waals surface area contributed by atoms with Gasteiger partial charge in [-0.1, -0.05) is 0 Å². The van der Waals surface area contributed by atoms with Gasteiger partial charge < -0.3 is 5.32 Å². The highest BCUT2D eigenvalue weighted by molar-refractivity contribution is 6.31. The number of aromatic nitrogens is 3. The van der Waals surface area contributed by atoms with Gasteiger partial charge in [0.2, 0.25) is 16.5 Å². The van der Waals surface area contributed by atoms with Gasteiger partial charge in [-0.25, -0.2) is 0 Å². The van der Waals surface area contributed by atoms with Crippen LogP contribution in [0.4, 0.5) is 36.7 Å². The lowest BCUT2D eigenvalue weighted by Crippen LogP contribution is -2.55. The molecule has 114 valence electrons. The molecule has 1 N–H and O–H groups in total. The molecule has 0 radical (unpaired) electrons. The van der Waals surface area contributed by atoms with Crippen molar-refractivity contribution >= 4 is 29.2 Å². The number of anilines is 1. The van der Waals surface area contributed by atoms with Crippen LogP contribution in [0.3, 0.4) is 0 Å². The van der Waals surface area contributed by atoms with Gasteiger partial charge in [-0.2, -0.15) is 45.7 Å². The Morgan fingerprint density at radius 3 is 1.70 bits per heavy atom. The zero-order valence-electron chi connectivity index (χ0n) is 8.95. The Morgan fingerprint density at radius 2 is 1.30 bits per heavy atom. The molecule has 0 aliphatic rings. The molecule has 1 aromatic rings. The van der Waals surface area contributed by atoms with Crippen LogP contribution in [0.1, 0.15) is 0 Å². The molecule has 4 nitrogen and oxygen atoms in total. The average Bonchev–Trinajstić information content (AvgIpc) is 2.23. The van der Waals surface area contributed by atoms with E-state index in [9.17, 15) is 30.7 Å². The van der Waals surface area contributed by atoms with E-state index in [1.54, 1.807) is 0 Å². The second kappa shape index (κ2) is 5.35. The lowest BCUT2D eigenvalue weighted by Gasteiger charge is -2.28. The van der Waals surface area contributed by atoms with Crippen LogP contribution < -0.4 is 5.32 Å². The van der Waals surface area contributed by atoms with Gasteiger partial charge in [0.05, 0.1) is 6.54 Å². The van der Waals surface area contributed by atoms with Gasteiger partial charge in [0.15, 0.2) is 0 Å². The van der Waals surface area contributed by atoms with Crippen molar-refractivity contribution in [2.45, 2.75) is 18.0 Å². The Labute approximate surface area is 116 Å². The third-order valence-electron chi connectivity index (χ3n) is 1.86. The van der Waals surface area contributed by atoms with Gasteiger partial charge >= 0.3 is 18.0 Å². The fraction of sp³-hybridized carbons (Fsp3) is 0.571. The first-order valence-corrected chi connectivity index (χ1v) is 5.26. The summed E-state index contributed by atoms with van der Waals surface area (Å²) < 4.78 is 86.5. The van der Waals surface area contributed by atoms with Gasteiger partial charge in [0.1, 0.15) is 0 Å². The van der Waals surface area contributed by atoms with Crippen LogP contribution in [0, 0.1) is 0 Å². The fourth-order valence-corrected chi connectivity index (χ4v) is 1.28. The second-order valence-electron chi connectivity index (χ2n) is 3.33. The maximum atomic E-state index is 12.9. The zero-order valence-corrected chi connectivity index (χ0v) is 10.5. The van der Waals surface area contributed by atoms with E-state index in [-0.39, 0.29) is 0 Å². The maximum Gasteiger partial charge on any atom is 0.459 e. The van der Waals surface area contributed by atoms with Gasteiger partial charge in [0.25, 0.3) is 0 Å². The normalized spacial score (nSPS) is 13.4. The summed E-state index contributed by atoms with van der Waals surface area (Å²) in [6.45, 7) is -2.09. The number of rotatable bonds is 4. The van der Waals surface area contributed by atoms with Crippen LogP contribution in [-0.4, -0.2) is 39.5 Å². The molecule has 20 heavy (non-hydrogen) atoms. The first-order valence-electron chi connectivity index (χ1n) is 4.50. The lowest BCUT2D eigenvalue weighted by molar-refractivity contribution is -0.350. The highest BCUT2D eigenvalue weighted by atomic mass is 35.5. The minimum absolute atomic E-state index is 0.557. The van der Waals surface area contributed by atoms with Crippen LogP contribution in [0.5, 0.6) is 0 Å². The van der Waals surface area contributed by atoms with Crippen molar-refractivity contribution in [1.82, 2.24) is 15.0 Å². The predicted octanol–water partition coefficient (Wildman–Crippen LogP) is 3.42. The molecule has 0 spiro atoms. The molecular formula is C7H3Cl2F7N4. The minimum atomic E-state index is -6.41. The van der Waals surface area contributed by atoms with Crippen LogP contribution in [0.2, 0.25) is 10.6 Å². The molecule has 0 fully saturated rings. The molecule has 1 heterocycles. The largest absolute Gasteiger partial charge is 0.459 e. The molecule has 0 saturated heterocycles. The zero-order chi connectivity index (χ0) is 15.8. The Hall–Kier alpha value is -1.10. The first-order chi connectivity index (χ1) is 8.87. The molecule has 0 saturated carbocycles. The Kier molecular flexibility index (Phi) is 4.54. The average molecular weight is 347 g/mol. The summed E-state index contributed by atoms with van der Waals surface area (Å²) in [4.78, 5) is 9.56. The predicted molar refractivity (Wildman–Crippen MR) is 54.3 cm³/mol. The van der Waals surface area contributed by atoms with Crippen molar-refractivity contribution in [2.24, 2.45) is 0 Å². The third kappa shape index (κ3) is 3.51. The number of alkyl halides is 7. The highest BCUT2D eigenvalue weighted by Gasteiger charge is 2.72. The van der Waals surface area contributed by atoms with E-state index >= 15 is 0 Å². The summed E-state index contributed by atoms with van der Waals surface area (Å²) in [5.74, 6) is -12.4. The van der Waals surface area contributed by atoms with Crippen molar-refractivity contribution in [3.63, 3.8) is 0 Å². The molecule has 0 unspecified atom stereocenters. The summed E-state index contributed by atoms with van der Waals surface area (Å²) in [5.41, 5.74) is 0. The van der Waals surface area contributed by atoms with E-state index in [0.29, 0.717) is 0 Å². The van der Waals surface area contributed by atoms with E-state index in [1.165, 1.54) is 5.32 Å². The molecule has 0 bridgehead atoms. The van der Waals surface area contributed by atoms with Crippen molar-refractivity contribution in [3.8, 4) is 0 Å². The summed E-state index contributed by atoms with van der Waals surface area (Å²) >= 11 is 10.5. The standard InChI is InChI=1S/C7H3Cl2F7N4/c8-2-18-3(9)20-4(19-2)17-1-5(10,11)6(12,13)7(14,15)16/h1H2,(H,17,18,19,20). The van der Waals surface area contributed by atoms with E-state index in [0.717, 1.165) is 0 Å². The van der Waals surface area contributed by atoms with Gasteiger partial charge in [-0.3, -0.25) is 0 Å². The highest BCUT2D eigenvalue weighted by Crippen LogP contribution is 2.46. The molecule has 0 atom stereocenters. The number of nitrogens with zero attached hydrogens (tertiary/aromatic N) is 3. The van der Waals surface area contributed by atoms with E-state index in [1.807, 2.05) is 0 Å². The minimum Gasteiger partial charge on any atom is -0.348 e. The lowest BCUT2D eigenvalue weighted by atomic mass is 10.1. The molecule has 0 aromatic carbocycles. The molecule has 0 aliphatic carbocycles. The second-order valence-corrected chi connectivity index (χ2v) is 4.00. The van der Waals surface area contributed by atoms with Crippen LogP contribution >= 0.6 is 23.2 Å². The SMILES string of the molecule is FC(F)(F)C(F)(F)C(F)(F)CNc1nc(Cl)nc(Cl)n1. The van der Waals surface area contributed by atoms with Gasteiger partial charge in [-0.05, 0) is 23.2 Å². The summed E-state index contributed by atoms with van der Waals surface area (Å²) in [5, 5.41) is 0.370. The van der Waals surface area contributed by atoms with Crippen molar-refractivity contribution in [1.29, 1.82) is 0 Å². The van der Waals surface area contributed by atoms with Crippen molar-refractivity contribution in [2.75, 3.05) is 11.9 Å². The fourth-order valence-electron chi connectivity index (χ4n) is 0.913. The van der Waals surface area contributed by atoms with Crippen LogP contribution in [-0.2, 0) is 0 Å². The molecule has 0 amide bonds. The number of hydrogen-bond donors (Lipinski definition) is 1. The van der Waals surface area contributed by atoms with Gasteiger partial charge in [-0.15, -0.1) is 0 Å². The summed E-state index contributed by atoms with van der Waals surface area (Å²) in [6, 6.07) is 0. The van der Waals surface area contributed by atoms with Crippen molar-refractivity contribution in [3.05, 3.63) is 10.6 Å². The van der Waals surface area contributed by atoms with Crippen LogP contribution in [0.15, 0.2) is 0 Å². The molecule has 1 aromatic heterocycles. The Bertz CT molecular complexity index is 472. The number of halogens is 9. The van der Waals surface area contributed by atoms with E-state index in [4.69, 9.17) is 23.2 Å². The van der Waals surface area contributed by atoms with Gasteiger partial charge in [0, 0.05) is 0 Å². The van der Waals surface area contributed by atoms with Crippen LogP contribution in [0.25, 0.3) is 0 Å². The molecular weight excluding hydrogens is 344 g/mol. The quantitative estimate of drug-likeness (QED) is 0.848. The topological polar surface area (TPSA) is 50.7 Å². The molecule has 0 aliphatic heterocycles. The summed E-state index contributed by atoms with van der Waals surface area (Å²) in [7, 11) is 0. The monoisotopic (exact) mass is 346 g/mol.